The van der Waals surface area contributed by atoms with Crippen LogP contribution < -0.4 is 4.74 Å². The maximum Gasteiger partial charge on any atom is 0.233 e. The minimum atomic E-state index is -0.420. The minimum Gasteiger partial charge on any atom is -0.497 e. The number of rotatable bonds is 5. The van der Waals surface area contributed by atoms with Gasteiger partial charge in [-0.3, -0.25) is 9.78 Å². The molecule has 0 spiro atoms. The fourth-order valence-corrected chi connectivity index (χ4v) is 5.60. The summed E-state index contributed by atoms with van der Waals surface area (Å²) in [4.78, 5) is 20.3. The van der Waals surface area contributed by atoms with Crippen molar-refractivity contribution in [2.75, 3.05) is 33.4 Å². The first-order chi connectivity index (χ1) is 16.2. The number of aromatic nitrogens is 1. The average molecular weight is 445 g/mol. The van der Waals surface area contributed by atoms with Crippen molar-refractivity contribution in [3.63, 3.8) is 0 Å². The third-order valence-electron chi connectivity index (χ3n) is 7.36. The molecule has 2 heterocycles. The number of hydrogen-bond donors (Lipinski definition) is 0. The Balaban J connectivity index is 1.36. The van der Waals surface area contributed by atoms with Crippen LogP contribution in [0.2, 0.25) is 0 Å². The number of ether oxygens (including phenoxy) is 2. The number of methoxy groups -OCH3 is 1. The van der Waals surface area contributed by atoms with E-state index in [-0.39, 0.29) is 11.8 Å². The number of amides is 1. The van der Waals surface area contributed by atoms with Crippen LogP contribution in [0.4, 0.5) is 0 Å². The summed E-state index contributed by atoms with van der Waals surface area (Å²) >= 11 is 0. The molecule has 2 fully saturated rings. The van der Waals surface area contributed by atoms with Crippen LogP contribution in [0, 0.1) is 5.92 Å². The zero-order chi connectivity index (χ0) is 22.7. The molecule has 3 aromatic rings. The molecule has 1 atom stereocenters. The molecule has 2 aliphatic rings. The summed E-state index contributed by atoms with van der Waals surface area (Å²) in [6.45, 7) is 2.69. The highest BCUT2D eigenvalue weighted by atomic mass is 16.5. The van der Waals surface area contributed by atoms with Crippen molar-refractivity contribution >= 4 is 16.7 Å². The van der Waals surface area contributed by atoms with Gasteiger partial charge >= 0.3 is 0 Å². The molecule has 5 nitrogen and oxygen atoms in total. The summed E-state index contributed by atoms with van der Waals surface area (Å²) in [7, 11) is 1.68. The molecule has 1 aliphatic carbocycles. The zero-order valence-corrected chi connectivity index (χ0v) is 19.3. The van der Waals surface area contributed by atoms with Gasteiger partial charge in [0.2, 0.25) is 5.91 Å². The number of carbonyl (C=O) groups excluding carboxylic acids is 1. The van der Waals surface area contributed by atoms with E-state index < -0.39 is 5.41 Å². The van der Waals surface area contributed by atoms with E-state index in [0.717, 1.165) is 55.3 Å². The molecule has 1 amide bonds. The third-order valence-corrected chi connectivity index (χ3v) is 7.36. The van der Waals surface area contributed by atoms with Crippen LogP contribution in [-0.4, -0.2) is 49.2 Å². The highest BCUT2D eigenvalue weighted by Crippen LogP contribution is 2.43. The van der Waals surface area contributed by atoms with E-state index in [0.29, 0.717) is 19.8 Å². The topological polar surface area (TPSA) is 51.7 Å². The molecule has 0 radical (unpaired) electrons. The third kappa shape index (κ3) is 4.47. The summed E-state index contributed by atoms with van der Waals surface area (Å²) in [5, 5.41) is 2.35. The van der Waals surface area contributed by atoms with Crippen molar-refractivity contribution in [2.24, 2.45) is 5.92 Å². The van der Waals surface area contributed by atoms with E-state index in [9.17, 15) is 4.79 Å². The second-order valence-corrected chi connectivity index (χ2v) is 9.47. The van der Waals surface area contributed by atoms with Crippen LogP contribution >= 0.6 is 0 Å². The van der Waals surface area contributed by atoms with Crippen LogP contribution in [0.25, 0.3) is 10.8 Å². The summed E-state index contributed by atoms with van der Waals surface area (Å²) < 4.78 is 11.3. The second-order valence-electron chi connectivity index (χ2n) is 9.47. The van der Waals surface area contributed by atoms with Crippen LogP contribution in [0.5, 0.6) is 5.75 Å². The predicted molar refractivity (Wildman–Crippen MR) is 129 cm³/mol. The summed E-state index contributed by atoms with van der Waals surface area (Å²) in [6.07, 6.45) is 8.65. The number of nitrogens with zero attached hydrogens (tertiary/aromatic N) is 2. The number of benzene rings is 2. The van der Waals surface area contributed by atoms with Crippen molar-refractivity contribution in [3.8, 4) is 5.75 Å². The van der Waals surface area contributed by atoms with Gasteiger partial charge in [-0.1, -0.05) is 43.2 Å². The van der Waals surface area contributed by atoms with Crippen LogP contribution in [0.15, 0.2) is 60.9 Å². The lowest BCUT2D eigenvalue weighted by molar-refractivity contribution is -0.137. The van der Waals surface area contributed by atoms with Gasteiger partial charge in [-0.15, -0.1) is 0 Å². The molecule has 1 unspecified atom stereocenters. The number of fused-ring (bicyclic) bond motifs is 1. The first-order valence-corrected chi connectivity index (χ1v) is 12.0. The van der Waals surface area contributed by atoms with Gasteiger partial charge in [0.05, 0.1) is 25.7 Å². The average Bonchev–Trinajstić information content (AvgIpc) is 3.25. The molecule has 1 aromatic heterocycles. The van der Waals surface area contributed by atoms with Crippen molar-refractivity contribution in [1.82, 2.24) is 9.88 Å². The van der Waals surface area contributed by atoms with E-state index in [2.05, 4.69) is 46.3 Å². The lowest BCUT2D eigenvalue weighted by Crippen LogP contribution is -2.47. The quantitative estimate of drug-likeness (QED) is 0.569. The molecule has 1 aliphatic heterocycles. The van der Waals surface area contributed by atoms with Crippen molar-refractivity contribution in [3.05, 3.63) is 72.1 Å². The molecule has 172 valence electrons. The second kappa shape index (κ2) is 9.52. The molecule has 5 rings (SSSR count). The van der Waals surface area contributed by atoms with Crippen LogP contribution in [-0.2, 0) is 21.4 Å². The highest BCUT2D eigenvalue weighted by molar-refractivity contribution is 5.89. The van der Waals surface area contributed by atoms with Gasteiger partial charge in [-0.05, 0) is 54.0 Å². The van der Waals surface area contributed by atoms with Gasteiger partial charge in [-0.2, -0.15) is 0 Å². The molecular formula is C28H32N2O3. The van der Waals surface area contributed by atoms with Gasteiger partial charge in [-0.25, -0.2) is 0 Å². The van der Waals surface area contributed by atoms with E-state index in [1.54, 1.807) is 7.11 Å². The molecule has 1 saturated heterocycles. The Morgan fingerprint density at radius 3 is 2.73 bits per heavy atom. The van der Waals surface area contributed by atoms with E-state index in [4.69, 9.17) is 9.47 Å². The molecule has 33 heavy (non-hydrogen) atoms. The summed E-state index contributed by atoms with van der Waals surface area (Å²) in [5.74, 6) is 1.38. The van der Waals surface area contributed by atoms with E-state index in [1.165, 1.54) is 10.9 Å². The summed E-state index contributed by atoms with van der Waals surface area (Å²) in [5.41, 5.74) is 1.98. The molecular weight excluding hydrogens is 412 g/mol. The van der Waals surface area contributed by atoms with E-state index in [1.807, 2.05) is 24.5 Å². The van der Waals surface area contributed by atoms with E-state index >= 15 is 0 Å². The Kier molecular flexibility index (Phi) is 6.32. The fourth-order valence-electron chi connectivity index (χ4n) is 5.60. The molecule has 5 heteroatoms. The van der Waals surface area contributed by atoms with Crippen LogP contribution in [0.3, 0.4) is 0 Å². The SMILES string of the molecule is COc1ccc(C2(C(=O)N3CCOCC(Cc4ccc5cnccc5c4)C3)CCCC2)cc1. The monoisotopic (exact) mass is 444 g/mol. The lowest BCUT2D eigenvalue weighted by Gasteiger charge is -2.35. The lowest BCUT2D eigenvalue weighted by atomic mass is 9.77. The molecule has 0 N–H and O–H groups in total. The maximum absolute atomic E-state index is 14.0. The normalized spacial score (nSPS) is 20.5. The standard InChI is InChI=1S/C28H32N2O3/c1-32-26-8-6-25(7-9-26)28(11-2-3-12-28)27(31)30-14-15-33-20-22(19-30)16-21-4-5-24-18-29-13-10-23(24)17-21/h4-10,13,17-18,22H,2-3,11-12,14-16,19-20H2,1H3. The Bertz CT molecular complexity index is 1110. The number of hydrogen-bond acceptors (Lipinski definition) is 4. The van der Waals surface area contributed by atoms with Gasteiger partial charge in [0, 0.05) is 36.8 Å². The van der Waals surface area contributed by atoms with Gasteiger partial charge in [0.1, 0.15) is 5.75 Å². The highest BCUT2D eigenvalue weighted by Gasteiger charge is 2.45. The molecule has 2 aromatic carbocycles. The Labute approximate surface area is 195 Å². The first-order valence-electron chi connectivity index (χ1n) is 12.0. The van der Waals surface area contributed by atoms with Crippen molar-refractivity contribution in [1.29, 1.82) is 0 Å². The summed E-state index contributed by atoms with van der Waals surface area (Å²) in [6, 6.07) is 16.7. The van der Waals surface area contributed by atoms with Gasteiger partial charge in [0.15, 0.2) is 0 Å². The predicted octanol–water partition coefficient (Wildman–Crippen LogP) is 4.77. The smallest absolute Gasteiger partial charge is 0.233 e. The Hall–Kier alpha value is -2.92. The maximum atomic E-state index is 14.0. The van der Waals surface area contributed by atoms with Crippen molar-refractivity contribution in [2.45, 2.75) is 37.5 Å². The first kappa shape index (κ1) is 21.9. The number of carbonyl (C=O) groups is 1. The number of pyridine rings is 1. The largest absolute Gasteiger partial charge is 0.497 e. The van der Waals surface area contributed by atoms with Gasteiger partial charge in [0.25, 0.3) is 0 Å². The Morgan fingerprint density at radius 1 is 1.12 bits per heavy atom. The zero-order valence-electron chi connectivity index (χ0n) is 19.3. The molecule has 1 saturated carbocycles. The van der Waals surface area contributed by atoms with Crippen LogP contribution in [0.1, 0.15) is 36.8 Å². The Morgan fingerprint density at radius 2 is 1.94 bits per heavy atom. The van der Waals surface area contributed by atoms with Gasteiger partial charge < -0.3 is 14.4 Å². The molecule has 0 bridgehead atoms. The van der Waals surface area contributed by atoms with Crippen molar-refractivity contribution < 1.29 is 14.3 Å². The minimum absolute atomic E-state index is 0.269. The fraction of sp³-hybridized carbons (Fsp3) is 0.429.